The van der Waals surface area contributed by atoms with Gasteiger partial charge in [-0.2, -0.15) is 0 Å². The topological polar surface area (TPSA) is 155 Å². The van der Waals surface area contributed by atoms with Gasteiger partial charge in [0.25, 0.3) is 0 Å². The van der Waals surface area contributed by atoms with Gasteiger partial charge in [-0.3, -0.25) is 18.6 Å². The Morgan fingerprint density at radius 1 is 0.508 bits per heavy atom. The minimum atomic E-state index is -4.63. The molecule has 0 bridgehead atoms. The van der Waals surface area contributed by atoms with E-state index in [4.69, 9.17) is 29.4 Å². The van der Waals surface area contributed by atoms with Crippen LogP contribution < -0.4 is 5.73 Å². The van der Waals surface area contributed by atoms with Crippen molar-refractivity contribution in [2.75, 3.05) is 26.4 Å². The number of phosphoric acid groups is 1. The average Bonchev–Trinajstić information content (AvgIpc) is 3.29. The lowest BCUT2D eigenvalue weighted by atomic mass is 10.1. The van der Waals surface area contributed by atoms with Crippen molar-refractivity contribution < 1.29 is 42.7 Å². The summed E-state index contributed by atoms with van der Waals surface area (Å²) in [4.78, 5) is 33.7. The van der Waals surface area contributed by atoms with Gasteiger partial charge in [0, 0.05) is 13.0 Å². The summed E-state index contributed by atoms with van der Waals surface area (Å²) in [5.74, 6) is -1.78. The molecule has 0 heterocycles. The van der Waals surface area contributed by atoms with Gasteiger partial charge in [0.2, 0.25) is 0 Å². The fourth-order valence-electron chi connectivity index (χ4n) is 6.98. The van der Waals surface area contributed by atoms with Gasteiger partial charge in [-0.1, -0.05) is 202 Å². The van der Waals surface area contributed by atoms with E-state index in [0.29, 0.717) is 13.0 Å². The molecule has 0 fully saturated rings. The van der Waals surface area contributed by atoms with E-state index in [1.807, 2.05) is 0 Å². The lowest BCUT2D eigenvalue weighted by Gasteiger charge is -2.20. The molecule has 376 valence electrons. The smallest absolute Gasteiger partial charge is 0.472 e. The summed E-state index contributed by atoms with van der Waals surface area (Å²) < 4.78 is 33.5. The third-order valence-corrected chi connectivity index (χ3v) is 11.9. The Morgan fingerprint density at radius 3 is 1.35 bits per heavy atom. The molecule has 0 amide bonds. The van der Waals surface area contributed by atoms with Crippen LogP contribution in [0.2, 0.25) is 0 Å². The number of hydrogen-bond donors (Lipinski definition) is 3. The van der Waals surface area contributed by atoms with Crippen molar-refractivity contribution in [1.29, 1.82) is 0 Å². The molecule has 0 aromatic heterocycles. The third kappa shape index (κ3) is 49.1. The average molecular weight is 934 g/mol. The maximum atomic E-state index is 12.7. The number of aliphatic carboxylic acids is 1. The normalized spacial score (nSPS) is 14.3. The highest BCUT2D eigenvalue weighted by Gasteiger charge is 2.27. The van der Waals surface area contributed by atoms with Crippen LogP contribution in [-0.2, 0) is 32.7 Å². The first-order valence-corrected chi connectivity index (χ1v) is 27.5. The monoisotopic (exact) mass is 934 g/mol. The molecule has 3 atom stereocenters. The molecule has 0 aliphatic rings. The molecule has 11 heteroatoms. The second kappa shape index (κ2) is 49.3. The lowest BCUT2D eigenvalue weighted by Crippen LogP contribution is -2.34. The summed E-state index contributed by atoms with van der Waals surface area (Å²) >= 11 is 0. The number of carbonyl (C=O) groups is 2. The summed E-state index contributed by atoms with van der Waals surface area (Å²) in [5.41, 5.74) is 5.38. The lowest BCUT2D eigenvalue weighted by molar-refractivity contribution is -0.154. The quantitative estimate of drug-likeness (QED) is 0.0232. The zero-order valence-corrected chi connectivity index (χ0v) is 42.2. The number of hydrogen-bond acceptors (Lipinski definition) is 8. The summed E-state index contributed by atoms with van der Waals surface area (Å²) in [6.07, 6.45) is 62.4. The van der Waals surface area contributed by atoms with Gasteiger partial charge in [-0.15, -0.1) is 0 Å². The van der Waals surface area contributed by atoms with Crippen molar-refractivity contribution in [3.63, 3.8) is 0 Å². The van der Waals surface area contributed by atoms with Gasteiger partial charge in [-0.05, 0) is 83.5 Å². The highest BCUT2D eigenvalue weighted by atomic mass is 31.2. The van der Waals surface area contributed by atoms with E-state index in [2.05, 4.69) is 86.8 Å². The molecule has 0 aromatic rings. The Morgan fingerprint density at radius 2 is 0.892 bits per heavy atom. The number of phosphoric ester groups is 1. The van der Waals surface area contributed by atoms with Crippen LogP contribution in [0.1, 0.15) is 219 Å². The van der Waals surface area contributed by atoms with Crippen molar-refractivity contribution in [2.24, 2.45) is 5.73 Å². The number of rotatable bonds is 49. The van der Waals surface area contributed by atoms with Crippen molar-refractivity contribution in [3.05, 3.63) is 72.9 Å². The number of carbonyl (C=O) groups excluding carboxylic acids is 1. The van der Waals surface area contributed by atoms with Gasteiger partial charge in [0.05, 0.1) is 19.8 Å². The van der Waals surface area contributed by atoms with Gasteiger partial charge in [0.15, 0.2) is 0 Å². The van der Waals surface area contributed by atoms with E-state index in [1.54, 1.807) is 0 Å². The van der Waals surface area contributed by atoms with E-state index in [-0.39, 0.29) is 13.0 Å². The van der Waals surface area contributed by atoms with Gasteiger partial charge in [0.1, 0.15) is 12.1 Å². The number of esters is 1. The highest BCUT2D eigenvalue weighted by Crippen LogP contribution is 2.43. The Bertz CT molecular complexity index is 1310. The van der Waals surface area contributed by atoms with Crippen molar-refractivity contribution >= 4 is 19.8 Å². The zero-order valence-electron chi connectivity index (χ0n) is 41.3. The van der Waals surface area contributed by atoms with Crippen LogP contribution in [-0.4, -0.2) is 60.5 Å². The highest BCUT2D eigenvalue weighted by molar-refractivity contribution is 7.47. The maximum absolute atomic E-state index is 12.7. The zero-order chi connectivity index (χ0) is 47.6. The predicted octanol–water partition coefficient (Wildman–Crippen LogP) is 15.3. The van der Waals surface area contributed by atoms with Gasteiger partial charge >= 0.3 is 19.8 Å². The first kappa shape index (κ1) is 62.4. The van der Waals surface area contributed by atoms with Crippen molar-refractivity contribution in [3.8, 4) is 0 Å². The molecule has 0 aliphatic heterocycles. The molecule has 10 nitrogen and oxygen atoms in total. The molecule has 0 aromatic carbocycles. The number of carboxylic acid groups (broad SMARTS) is 1. The minimum absolute atomic E-state index is 0.00769. The molecule has 0 saturated carbocycles. The van der Waals surface area contributed by atoms with Crippen LogP contribution in [0.5, 0.6) is 0 Å². The largest absolute Gasteiger partial charge is 0.480 e. The molecule has 0 saturated heterocycles. The fourth-order valence-corrected chi connectivity index (χ4v) is 7.76. The van der Waals surface area contributed by atoms with Crippen LogP contribution in [0.3, 0.4) is 0 Å². The Hall–Kier alpha value is -2.59. The van der Waals surface area contributed by atoms with E-state index >= 15 is 0 Å². The van der Waals surface area contributed by atoms with Gasteiger partial charge in [-0.25, -0.2) is 4.57 Å². The van der Waals surface area contributed by atoms with Crippen LogP contribution in [0.25, 0.3) is 0 Å². The van der Waals surface area contributed by atoms with E-state index in [1.165, 1.54) is 116 Å². The Labute approximate surface area is 397 Å². The standard InChI is InChI=1S/C54H96NO9P/c1-3-5-7-9-11-13-15-17-19-21-23-24-25-26-27-29-31-33-35-37-39-41-43-45-47-61-48-51(49-62-65(59,60)63-50-52(55)54(57)58)64-53(56)46-44-42-40-38-36-34-32-30-28-22-20-18-16-14-12-10-8-6-4-2/h5,7,11,13,17-20,23-24,26-27,51-52H,3-4,6,8-10,12,14-16,21-22,25,28-50,55H2,1-2H3,(H,57,58)(H,59,60)/b7-5-,13-11-,19-17-,20-18-,24-23-,27-26-. The van der Waals surface area contributed by atoms with E-state index in [0.717, 1.165) is 77.0 Å². The molecule has 0 spiro atoms. The third-order valence-electron chi connectivity index (χ3n) is 11.0. The second-order valence-electron chi connectivity index (χ2n) is 17.3. The molecular formula is C54H96NO9P. The Balaban J connectivity index is 4.16. The molecular weight excluding hydrogens is 838 g/mol. The van der Waals surface area contributed by atoms with Crippen LogP contribution in [0.15, 0.2) is 72.9 Å². The summed E-state index contributed by atoms with van der Waals surface area (Å²) in [6, 6.07) is -1.48. The summed E-state index contributed by atoms with van der Waals surface area (Å²) in [7, 11) is -4.63. The second-order valence-corrected chi connectivity index (χ2v) is 18.7. The molecule has 4 N–H and O–H groups in total. The maximum Gasteiger partial charge on any atom is 0.472 e. The number of carboxylic acids is 1. The number of ether oxygens (including phenoxy) is 2. The molecule has 0 aliphatic carbocycles. The molecule has 0 radical (unpaired) electrons. The fraction of sp³-hybridized carbons (Fsp3) is 0.741. The first-order chi connectivity index (χ1) is 31.7. The molecule has 65 heavy (non-hydrogen) atoms. The van der Waals surface area contributed by atoms with E-state index < -0.39 is 45.1 Å². The number of allylic oxidation sites excluding steroid dienone is 12. The van der Waals surface area contributed by atoms with Crippen molar-refractivity contribution in [2.45, 2.75) is 231 Å². The van der Waals surface area contributed by atoms with Crippen LogP contribution >= 0.6 is 7.82 Å². The van der Waals surface area contributed by atoms with Gasteiger partial charge < -0.3 is 25.2 Å². The SMILES string of the molecule is CC/C=C\C/C=C\C/C=C\C/C=C\C/C=C\CCCCCCCCCCOCC(COP(=O)(O)OCC(N)C(=O)O)OC(=O)CCCCCCCCCCC/C=C\CCCCCCCC. The van der Waals surface area contributed by atoms with Crippen LogP contribution in [0.4, 0.5) is 0 Å². The molecule has 3 unspecified atom stereocenters. The number of nitrogens with two attached hydrogens (primary N) is 1. The molecule has 0 rings (SSSR count). The Kier molecular flexibility index (Phi) is 47.4. The van der Waals surface area contributed by atoms with Crippen molar-refractivity contribution in [1.82, 2.24) is 0 Å². The van der Waals surface area contributed by atoms with Crippen LogP contribution in [0, 0.1) is 0 Å². The predicted molar refractivity (Wildman–Crippen MR) is 272 cm³/mol. The summed E-state index contributed by atoms with van der Waals surface area (Å²) in [6.45, 7) is 3.76. The number of unbranched alkanes of at least 4 members (excludes halogenated alkanes) is 23. The summed E-state index contributed by atoms with van der Waals surface area (Å²) in [5, 5.41) is 8.93. The minimum Gasteiger partial charge on any atom is -0.480 e. The first-order valence-electron chi connectivity index (χ1n) is 26.0. The van der Waals surface area contributed by atoms with E-state index in [9.17, 15) is 19.0 Å².